The SMILES string of the molecule is CCC1CCNC(CN2CCN(CC)CC2)C1. The first kappa shape index (κ1) is 13.3. The summed E-state index contributed by atoms with van der Waals surface area (Å²) in [5.41, 5.74) is 0. The van der Waals surface area contributed by atoms with Crippen molar-refractivity contribution in [2.75, 3.05) is 45.8 Å². The lowest BCUT2D eigenvalue weighted by molar-refractivity contribution is 0.117. The third-order valence-electron chi connectivity index (χ3n) is 4.57. The minimum Gasteiger partial charge on any atom is -0.313 e. The minimum atomic E-state index is 0.752. The van der Waals surface area contributed by atoms with Crippen LogP contribution in [0.1, 0.15) is 33.1 Å². The molecule has 0 aromatic carbocycles. The molecular weight excluding hydrogens is 210 g/mol. The zero-order valence-corrected chi connectivity index (χ0v) is 11.6. The molecule has 2 aliphatic rings. The molecule has 2 rings (SSSR count). The van der Waals surface area contributed by atoms with Gasteiger partial charge in [0, 0.05) is 38.8 Å². The molecule has 0 aromatic rings. The largest absolute Gasteiger partial charge is 0.313 e. The van der Waals surface area contributed by atoms with E-state index >= 15 is 0 Å². The molecule has 3 heteroatoms. The molecule has 2 aliphatic heterocycles. The Hall–Kier alpha value is -0.120. The molecule has 2 unspecified atom stereocenters. The molecular formula is C14H29N3. The molecule has 2 heterocycles. The van der Waals surface area contributed by atoms with Gasteiger partial charge in [-0.15, -0.1) is 0 Å². The van der Waals surface area contributed by atoms with E-state index in [4.69, 9.17) is 0 Å². The van der Waals surface area contributed by atoms with E-state index in [2.05, 4.69) is 29.0 Å². The summed E-state index contributed by atoms with van der Waals surface area (Å²) in [5.74, 6) is 0.971. The highest BCUT2D eigenvalue weighted by molar-refractivity contribution is 4.82. The normalized spacial score (nSPS) is 32.8. The van der Waals surface area contributed by atoms with Gasteiger partial charge >= 0.3 is 0 Å². The van der Waals surface area contributed by atoms with Crippen LogP contribution in [0, 0.1) is 5.92 Å². The second kappa shape index (κ2) is 6.72. The van der Waals surface area contributed by atoms with Gasteiger partial charge in [0.2, 0.25) is 0 Å². The summed E-state index contributed by atoms with van der Waals surface area (Å²) >= 11 is 0. The van der Waals surface area contributed by atoms with Gasteiger partial charge in [0.15, 0.2) is 0 Å². The molecule has 2 atom stereocenters. The van der Waals surface area contributed by atoms with E-state index in [9.17, 15) is 0 Å². The summed E-state index contributed by atoms with van der Waals surface area (Å²) in [7, 11) is 0. The van der Waals surface area contributed by atoms with E-state index in [1.165, 1.54) is 65.1 Å². The topological polar surface area (TPSA) is 18.5 Å². The number of hydrogen-bond donors (Lipinski definition) is 1. The van der Waals surface area contributed by atoms with Crippen molar-refractivity contribution in [3.8, 4) is 0 Å². The van der Waals surface area contributed by atoms with Crippen molar-refractivity contribution in [2.45, 2.75) is 39.2 Å². The Balaban J connectivity index is 1.70. The summed E-state index contributed by atoms with van der Waals surface area (Å²) in [5, 5.41) is 3.70. The quantitative estimate of drug-likeness (QED) is 0.800. The van der Waals surface area contributed by atoms with Gasteiger partial charge in [0.05, 0.1) is 0 Å². The third kappa shape index (κ3) is 3.94. The number of hydrogen-bond acceptors (Lipinski definition) is 3. The maximum atomic E-state index is 3.70. The first-order valence-electron chi connectivity index (χ1n) is 7.50. The van der Waals surface area contributed by atoms with Crippen molar-refractivity contribution in [1.29, 1.82) is 0 Å². The standard InChI is InChI=1S/C14H29N3/c1-3-13-5-6-15-14(11-13)12-17-9-7-16(4-2)8-10-17/h13-15H,3-12H2,1-2H3. The van der Waals surface area contributed by atoms with Crippen LogP contribution in [0.2, 0.25) is 0 Å². The molecule has 0 aliphatic carbocycles. The molecule has 0 amide bonds. The highest BCUT2D eigenvalue weighted by atomic mass is 15.3. The maximum Gasteiger partial charge on any atom is 0.0197 e. The fourth-order valence-electron chi connectivity index (χ4n) is 3.20. The third-order valence-corrected chi connectivity index (χ3v) is 4.57. The molecule has 0 spiro atoms. The van der Waals surface area contributed by atoms with Crippen LogP contribution in [0.25, 0.3) is 0 Å². The average Bonchev–Trinajstić information content (AvgIpc) is 2.40. The molecule has 2 saturated heterocycles. The fourth-order valence-corrected chi connectivity index (χ4v) is 3.20. The van der Waals surface area contributed by atoms with Crippen LogP contribution in [-0.4, -0.2) is 61.7 Å². The highest BCUT2D eigenvalue weighted by Crippen LogP contribution is 2.20. The van der Waals surface area contributed by atoms with Crippen molar-refractivity contribution in [2.24, 2.45) is 5.92 Å². The molecule has 0 aromatic heterocycles. The van der Waals surface area contributed by atoms with Crippen molar-refractivity contribution in [1.82, 2.24) is 15.1 Å². The molecule has 0 radical (unpaired) electrons. The molecule has 100 valence electrons. The number of piperidine rings is 1. The Morgan fingerprint density at radius 1 is 1.06 bits per heavy atom. The number of nitrogens with one attached hydrogen (secondary N) is 1. The van der Waals surface area contributed by atoms with Crippen LogP contribution in [0.15, 0.2) is 0 Å². The zero-order chi connectivity index (χ0) is 12.1. The zero-order valence-electron chi connectivity index (χ0n) is 11.6. The Bertz CT molecular complexity index is 212. The van der Waals surface area contributed by atoms with Crippen molar-refractivity contribution in [3.63, 3.8) is 0 Å². The smallest absolute Gasteiger partial charge is 0.0197 e. The number of nitrogens with zero attached hydrogens (tertiary/aromatic N) is 2. The van der Waals surface area contributed by atoms with E-state index in [0.717, 1.165) is 12.0 Å². The number of rotatable bonds is 4. The summed E-state index contributed by atoms with van der Waals surface area (Å²) in [6.45, 7) is 13.4. The van der Waals surface area contributed by atoms with E-state index in [0.29, 0.717) is 0 Å². The van der Waals surface area contributed by atoms with Gasteiger partial charge in [-0.3, -0.25) is 4.90 Å². The highest BCUT2D eigenvalue weighted by Gasteiger charge is 2.23. The van der Waals surface area contributed by atoms with Gasteiger partial charge in [-0.1, -0.05) is 20.3 Å². The van der Waals surface area contributed by atoms with Crippen molar-refractivity contribution < 1.29 is 0 Å². The Morgan fingerprint density at radius 2 is 1.76 bits per heavy atom. The van der Waals surface area contributed by atoms with Crippen molar-refractivity contribution in [3.05, 3.63) is 0 Å². The lowest BCUT2D eigenvalue weighted by Crippen LogP contribution is -2.52. The first-order chi connectivity index (χ1) is 8.31. The van der Waals surface area contributed by atoms with Gasteiger partial charge in [-0.2, -0.15) is 0 Å². The predicted octanol–water partition coefficient (Wildman–Crippen LogP) is 1.40. The van der Waals surface area contributed by atoms with Crippen LogP contribution in [0.5, 0.6) is 0 Å². The Morgan fingerprint density at radius 3 is 2.41 bits per heavy atom. The lowest BCUT2D eigenvalue weighted by atomic mass is 9.90. The van der Waals surface area contributed by atoms with E-state index in [1.54, 1.807) is 0 Å². The van der Waals surface area contributed by atoms with Gasteiger partial charge in [0.25, 0.3) is 0 Å². The summed E-state index contributed by atoms with van der Waals surface area (Å²) in [4.78, 5) is 5.21. The monoisotopic (exact) mass is 239 g/mol. The summed E-state index contributed by atoms with van der Waals surface area (Å²) in [6, 6.07) is 0.752. The molecule has 2 fully saturated rings. The van der Waals surface area contributed by atoms with E-state index in [-0.39, 0.29) is 0 Å². The molecule has 17 heavy (non-hydrogen) atoms. The van der Waals surface area contributed by atoms with E-state index in [1.807, 2.05) is 0 Å². The molecule has 3 nitrogen and oxygen atoms in total. The number of piperazine rings is 1. The van der Waals surface area contributed by atoms with Crippen LogP contribution >= 0.6 is 0 Å². The summed E-state index contributed by atoms with van der Waals surface area (Å²) in [6.07, 6.45) is 4.14. The van der Waals surface area contributed by atoms with Crippen molar-refractivity contribution >= 4 is 0 Å². The second-order valence-electron chi connectivity index (χ2n) is 5.68. The van der Waals surface area contributed by atoms with Gasteiger partial charge in [0.1, 0.15) is 0 Å². The Labute approximate surface area is 107 Å². The van der Waals surface area contributed by atoms with Gasteiger partial charge in [-0.25, -0.2) is 0 Å². The van der Waals surface area contributed by atoms with Crippen LogP contribution in [0.3, 0.4) is 0 Å². The second-order valence-corrected chi connectivity index (χ2v) is 5.68. The first-order valence-corrected chi connectivity index (χ1v) is 7.50. The molecule has 1 N–H and O–H groups in total. The number of likely N-dealkylation sites (N-methyl/N-ethyl adjacent to an activating group) is 1. The fraction of sp³-hybridized carbons (Fsp3) is 1.00. The van der Waals surface area contributed by atoms with Crippen LogP contribution in [0.4, 0.5) is 0 Å². The average molecular weight is 239 g/mol. The Kier molecular flexibility index (Phi) is 5.26. The minimum absolute atomic E-state index is 0.752. The molecule has 0 saturated carbocycles. The van der Waals surface area contributed by atoms with Gasteiger partial charge < -0.3 is 10.2 Å². The van der Waals surface area contributed by atoms with Gasteiger partial charge in [-0.05, 0) is 31.8 Å². The van der Waals surface area contributed by atoms with E-state index < -0.39 is 0 Å². The molecule has 0 bridgehead atoms. The maximum absolute atomic E-state index is 3.70. The van der Waals surface area contributed by atoms with Crippen LogP contribution in [-0.2, 0) is 0 Å². The summed E-state index contributed by atoms with van der Waals surface area (Å²) < 4.78 is 0. The van der Waals surface area contributed by atoms with Crippen LogP contribution < -0.4 is 5.32 Å². The predicted molar refractivity (Wildman–Crippen MR) is 73.4 cm³/mol. The lowest BCUT2D eigenvalue weighted by Gasteiger charge is -2.38.